The summed E-state index contributed by atoms with van der Waals surface area (Å²) in [5, 5.41) is 5.46. The van der Waals surface area contributed by atoms with Gasteiger partial charge in [0, 0.05) is 44.9 Å². The summed E-state index contributed by atoms with van der Waals surface area (Å²) in [5.74, 6) is 0.706. The molecule has 0 aliphatic heterocycles. The lowest BCUT2D eigenvalue weighted by Crippen LogP contribution is -2.31. The van der Waals surface area contributed by atoms with Gasteiger partial charge in [0.1, 0.15) is 5.69 Å². The van der Waals surface area contributed by atoms with Crippen LogP contribution in [0, 0.1) is 0 Å². The van der Waals surface area contributed by atoms with E-state index in [9.17, 15) is 0 Å². The highest BCUT2D eigenvalue weighted by Gasteiger charge is 2.12. The van der Waals surface area contributed by atoms with Crippen molar-refractivity contribution >= 4 is 16.3 Å². The molecule has 0 bridgehead atoms. The number of nitrogens with zero attached hydrogens (tertiary/aromatic N) is 3. The van der Waals surface area contributed by atoms with Gasteiger partial charge in [-0.2, -0.15) is 4.98 Å². The number of hydrogen-bond acceptors (Lipinski definition) is 6. The van der Waals surface area contributed by atoms with Crippen LogP contribution in [0.5, 0.6) is 5.88 Å². The van der Waals surface area contributed by atoms with Crippen molar-refractivity contribution < 1.29 is 9.47 Å². The predicted octanol–water partition coefficient (Wildman–Crippen LogP) is 1.07. The number of imidazole rings is 1. The minimum absolute atomic E-state index is 0.706. The highest BCUT2D eigenvalue weighted by Crippen LogP contribution is 2.22. The van der Waals surface area contributed by atoms with Gasteiger partial charge in [-0.1, -0.05) is 0 Å². The molecule has 6 nitrogen and oxygen atoms in total. The Bertz CT molecular complexity index is 525. The molecule has 0 spiro atoms. The zero-order chi connectivity index (χ0) is 14.4. The first kappa shape index (κ1) is 15.2. The molecule has 0 fully saturated rings. The van der Waals surface area contributed by atoms with Crippen LogP contribution in [0.15, 0.2) is 11.6 Å². The van der Waals surface area contributed by atoms with Gasteiger partial charge in [0.15, 0.2) is 4.96 Å². The largest absolute Gasteiger partial charge is 0.480 e. The molecular weight excluding hydrogens is 276 g/mol. The van der Waals surface area contributed by atoms with Crippen LogP contribution in [0.1, 0.15) is 5.69 Å². The fourth-order valence-corrected chi connectivity index (χ4v) is 2.70. The highest BCUT2D eigenvalue weighted by molar-refractivity contribution is 7.15. The first-order chi connectivity index (χ1) is 9.76. The predicted molar refractivity (Wildman–Crippen MR) is 80.7 cm³/mol. The summed E-state index contributed by atoms with van der Waals surface area (Å²) in [6, 6.07) is 0. The number of nitrogens with one attached hydrogen (secondary N) is 1. The standard InChI is InChI=1S/C13H22N4O2S/c1-16(6-8-18-2)5-4-14-10-11-12(19-3)15-13-17(11)7-9-20-13/h7,9,14H,4-6,8,10H2,1-3H3. The molecule has 20 heavy (non-hydrogen) atoms. The lowest BCUT2D eigenvalue weighted by atomic mass is 10.4. The number of likely N-dealkylation sites (N-methyl/N-ethyl adjacent to an activating group) is 1. The maximum atomic E-state index is 5.33. The normalized spacial score (nSPS) is 11.6. The van der Waals surface area contributed by atoms with Crippen molar-refractivity contribution in [2.24, 2.45) is 0 Å². The van der Waals surface area contributed by atoms with E-state index in [-0.39, 0.29) is 0 Å². The smallest absolute Gasteiger partial charge is 0.237 e. The number of fused-ring (bicyclic) bond motifs is 1. The summed E-state index contributed by atoms with van der Waals surface area (Å²) in [7, 11) is 5.48. The Labute approximate surface area is 123 Å². The molecule has 0 unspecified atom stereocenters. The summed E-state index contributed by atoms with van der Waals surface area (Å²) in [6.45, 7) is 4.36. The third-order valence-corrected chi connectivity index (χ3v) is 3.91. The highest BCUT2D eigenvalue weighted by atomic mass is 32.1. The second-order valence-electron chi connectivity index (χ2n) is 4.60. The third-order valence-electron chi connectivity index (χ3n) is 3.16. The van der Waals surface area contributed by atoms with Crippen LogP contribution in [-0.4, -0.2) is 61.8 Å². The third kappa shape index (κ3) is 3.69. The Hall–Kier alpha value is -1.15. The molecule has 7 heteroatoms. The van der Waals surface area contributed by atoms with Gasteiger partial charge in [0.05, 0.1) is 13.7 Å². The zero-order valence-corrected chi connectivity index (χ0v) is 13.1. The van der Waals surface area contributed by atoms with E-state index < -0.39 is 0 Å². The Morgan fingerprint density at radius 3 is 3.00 bits per heavy atom. The zero-order valence-electron chi connectivity index (χ0n) is 12.3. The van der Waals surface area contributed by atoms with Gasteiger partial charge in [-0.15, -0.1) is 11.3 Å². The molecule has 0 saturated heterocycles. The minimum atomic E-state index is 0.706. The Kier molecular flexibility index (Phi) is 5.78. The van der Waals surface area contributed by atoms with Crippen molar-refractivity contribution in [3.05, 3.63) is 17.3 Å². The topological polar surface area (TPSA) is 51.0 Å². The first-order valence-corrected chi connectivity index (χ1v) is 7.51. The molecule has 2 rings (SSSR count). The second kappa shape index (κ2) is 7.58. The molecule has 0 aliphatic carbocycles. The fraction of sp³-hybridized carbons (Fsp3) is 0.615. The number of aromatic nitrogens is 2. The minimum Gasteiger partial charge on any atom is -0.480 e. The Morgan fingerprint density at radius 1 is 1.40 bits per heavy atom. The number of methoxy groups -OCH3 is 2. The Morgan fingerprint density at radius 2 is 2.25 bits per heavy atom. The second-order valence-corrected chi connectivity index (χ2v) is 5.47. The van der Waals surface area contributed by atoms with Crippen molar-refractivity contribution in [1.82, 2.24) is 19.6 Å². The van der Waals surface area contributed by atoms with Crippen LogP contribution in [0.25, 0.3) is 4.96 Å². The van der Waals surface area contributed by atoms with Gasteiger partial charge in [-0.05, 0) is 7.05 Å². The Balaban J connectivity index is 1.82. The maximum Gasteiger partial charge on any atom is 0.237 e. The first-order valence-electron chi connectivity index (χ1n) is 6.63. The summed E-state index contributed by atoms with van der Waals surface area (Å²) >= 11 is 1.61. The summed E-state index contributed by atoms with van der Waals surface area (Å²) in [5.41, 5.74) is 1.07. The van der Waals surface area contributed by atoms with Gasteiger partial charge in [0.2, 0.25) is 5.88 Å². The van der Waals surface area contributed by atoms with E-state index in [2.05, 4.69) is 26.6 Å². The van der Waals surface area contributed by atoms with E-state index in [1.54, 1.807) is 25.6 Å². The molecule has 0 aliphatic rings. The van der Waals surface area contributed by atoms with Gasteiger partial charge in [0.25, 0.3) is 0 Å². The molecule has 0 saturated carbocycles. The average molecular weight is 298 g/mol. The van der Waals surface area contributed by atoms with E-state index in [4.69, 9.17) is 9.47 Å². The van der Waals surface area contributed by atoms with E-state index in [0.717, 1.165) is 43.4 Å². The van der Waals surface area contributed by atoms with E-state index in [1.807, 2.05) is 11.6 Å². The van der Waals surface area contributed by atoms with E-state index in [1.165, 1.54) is 0 Å². The SMILES string of the molecule is COCCN(C)CCNCc1c(OC)nc2sccn12. The lowest BCUT2D eigenvalue weighted by Gasteiger charge is -2.16. The molecular formula is C13H22N4O2S. The fourth-order valence-electron chi connectivity index (χ4n) is 1.97. The molecule has 2 aromatic rings. The molecule has 0 aromatic carbocycles. The quantitative estimate of drug-likeness (QED) is 0.702. The molecule has 0 amide bonds. The monoisotopic (exact) mass is 298 g/mol. The van der Waals surface area contributed by atoms with Crippen LogP contribution >= 0.6 is 11.3 Å². The number of rotatable bonds is 9. The van der Waals surface area contributed by atoms with Crippen LogP contribution in [0.3, 0.4) is 0 Å². The molecule has 0 atom stereocenters. The van der Waals surface area contributed by atoms with Crippen molar-refractivity contribution in [3.63, 3.8) is 0 Å². The van der Waals surface area contributed by atoms with Gasteiger partial charge < -0.3 is 19.7 Å². The van der Waals surface area contributed by atoms with Crippen LogP contribution in [0.2, 0.25) is 0 Å². The maximum absolute atomic E-state index is 5.33. The molecule has 112 valence electrons. The van der Waals surface area contributed by atoms with Crippen LogP contribution < -0.4 is 10.1 Å². The number of ether oxygens (including phenoxy) is 2. The molecule has 1 N–H and O–H groups in total. The van der Waals surface area contributed by atoms with E-state index >= 15 is 0 Å². The van der Waals surface area contributed by atoms with Gasteiger partial charge in [-0.25, -0.2) is 0 Å². The van der Waals surface area contributed by atoms with Crippen LogP contribution in [0.4, 0.5) is 0 Å². The van der Waals surface area contributed by atoms with Crippen molar-refractivity contribution in [2.45, 2.75) is 6.54 Å². The van der Waals surface area contributed by atoms with Gasteiger partial charge >= 0.3 is 0 Å². The summed E-state index contributed by atoms with van der Waals surface area (Å²) in [4.78, 5) is 7.65. The molecule has 0 radical (unpaired) electrons. The summed E-state index contributed by atoms with van der Waals surface area (Å²) in [6.07, 6.45) is 2.03. The van der Waals surface area contributed by atoms with Crippen molar-refractivity contribution in [3.8, 4) is 5.88 Å². The number of thiazole rings is 1. The van der Waals surface area contributed by atoms with E-state index in [0.29, 0.717) is 5.88 Å². The summed E-state index contributed by atoms with van der Waals surface area (Å²) < 4.78 is 12.5. The van der Waals surface area contributed by atoms with Gasteiger partial charge in [-0.3, -0.25) is 4.40 Å². The van der Waals surface area contributed by atoms with Crippen molar-refractivity contribution in [2.75, 3.05) is 47.5 Å². The molecule has 2 heterocycles. The average Bonchev–Trinajstić information content (AvgIpc) is 3.02. The molecule has 2 aromatic heterocycles. The lowest BCUT2D eigenvalue weighted by molar-refractivity contribution is 0.161. The number of hydrogen-bond donors (Lipinski definition) is 1. The van der Waals surface area contributed by atoms with Crippen LogP contribution in [-0.2, 0) is 11.3 Å². The van der Waals surface area contributed by atoms with Crippen molar-refractivity contribution in [1.29, 1.82) is 0 Å².